The lowest BCUT2D eigenvalue weighted by Crippen LogP contribution is -2.49. The van der Waals surface area contributed by atoms with Crippen LogP contribution in [0.3, 0.4) is 0 Å². The van der Waals surface area contributed by atoms with Crippen LogP contribution in [-0.2, 0) is 0 Å². The fourth-order valence-corrected chi connectivity index (χ4v) is 3.99. The number of piperidine rings is 1. The van der Waals surface area contributed by atoms with Crippen molar-refractivity contribution in [2.75, 3.05) is 49.1 Å². The van der Waals surface area contributed by atoms with E-state index in [2.05, 4.69) is 26.9 Å². The molecule has 6 nitrogen and oxygen atoms in total. The van der Waals surface area contributed by atoms with E-state index in [0.29, 0.717) is 37.8 Å². The first-order valence-corrected chi connectivity index (χ1v) is 9.98. The van der Waals surface area contributed by atoms with E-state index in [1.807, 2.05) is 11.0 Å². The van der Waals surface area contributed by atoms with Crippen LogP contribution in [0.4, 0.5) is 15.9 Å². The van der Waals surface area contributed by atoms with Gasteiger partial charge in [0.1, 0.15) is 5.82 Å². The Labute approximate surface area is 165 Å². The molecule has 2 fully saturated rings. The largest absolute Gasteiger partial charge is 0.368 e. The summed E-state index contributed by atoms with van der Waals surface area (Å²) in [4.78, 5) is 19.0. The van der Waals surface area contributed by atoms with Crippen LogP contribution >= 0.6 is 0 Å². The molecular formula is C21H26FN5O. The molecule has 28 heavy (non-hydrogen) atoms. The molecule has 7 heteroatoms. The molecular weight excluding hydrogens is 357 g/mol. The molecule has 1 aromatic heterocycles. The number of aromatic nitrogens is 2. The molecule has 0 N–H and O–H groups in total. The Morgan fingerprint density at radius 3 is 2.36 bits per heavy atom. The second kappa shape index (κ2) is 8.12. The van der Waals surface area contributed by atoms with E-state index in [-0.39, 0.29) is 11.7 Å². The molecule has 0 radical (unpaired) electrons. The second-order valence-corrected chi connectivity index (χ2v) is 7.73. The Morgan fingerprint density at radius 1 is 0.964 bits per heavy atom. The topological polar surface area (TPSA) is 52.6 Å². The average molecular weight is 383 g/mol. The second-order valence-electron chi connectivity index (χ2n) is 7.73. The fraction of sp³-hybridized carbons (Fsp3) is 0.476. The van der Waals surface area contributed by atoms with Gasteiger partial charge in [0.25, 0.3) is 5.91 Å². The average Bonchev–Trinajstić information content (AvgIpc) is 2.74. The van der Waals surface area contributed by atoms with E-state index in [9.17, 15) is 9.18 Å². The van der Waals surface area contributed by atoms with E-state index < -0.39 is 0 Å². The number of nitrogens with zero attached hydrogens (tertiary/aromatic N) is 5. The van der Waals surface area contributed by atoms with Crippen LogP contribution in [0.15, 0.2) is 36.4 Å². The van der Waals surface area contributed by atoms with Gasteiger partial charge in [-0.15, -0.1) is 10.2 Å². The molecule has 0 aliphatic carbocycles. The van der Waals surface area contributed by atoms with Crippen molar-refractivity contribution in [1.82, 2.24) is 15.1 Å². The molecule has 2 aliphatic heterocycles. The Hall–Kier alpha value is -2.70. The highest BCUT2D eigenvalue weighted by Crippen LogP contribution is 2.21. The molecule has 2 aromatic rings. The zero-order valence-electron chi connectivity index (χ0n) is 16.2. The number of hydrogen-bond acceptors (Lipinski definition) is 5. The van der Waals surface area contributed by atoms with E-state index in [4.69, 9.17) is 0 Å². The molecule has 0 spiro atoms. The Kier molecular flexibility index (Phi) is 5.41. The molecule has 1 amide bonds. The van der Waals surface area contributed by atoms with Crippen molar-refractivity contribution in [2.24, 2.45) is 5.92 Å². The molecule has 2 aliphatic rings. The summed E-state index contributed by atoms with van der Waals surface area (Å²) in [6, 6.07) is 10.2. The van der Waals surface area contributed by atoms with Crippen molar-refractivity contribution >= 4 is 17.4 Å². The van der Waals surface area contributed by atoms with Crippen molar-refractivity contribution < 1.29 is 9.18 Å². The van der Waals surface area contributed by atoms with E-state index >= 15 is 0 Å². The summed E-state index contributed by atoms with van der Waals surface area (Å²) in [6.07, 6.45) is 2.42. The SMILES string of the molecule is CC1CCCN(c2ccc(C(=O)N3CCN(c4ccc(F)cc4)CC3)nn2)C1. The minimum absolute atomic E-state index is 0.0789. The van der Waals surface area contributed by atoms with Crippen LogP contribution in [0.1, 0.15) is 30.3 Å². The summed E-state index contributed by atoms with van der Waals surface area (Å²) in [5, 5.41) is 8.51. The highest BCUT2D eigenvalue weighted by Gasteiger charge is 2.24. The van der Waals surface area contributed by atoms with Gasteiger partial charge in [-0.2, -0.15) is 0 Å². The van der Waals surface area contributed by atoms with Crippen LogP contribution in [0.5, 0.6) is 0 Å². The van der Waals surface area contributed by atoms with Crippen molar-refractivity contribution in [2.45, 2.75) is 19.8 Å². The number of carbonyl (C=O) groups excluding carboxylic acids is 1. The number of benzene rings is 1. The van der Waals surface area contributed by atoms with Gasteiger partial charge in [0, 0.05) is 45.0 Å². The van der Waals surface area contributed by atoms with Crippen LogP contribution in [-0.4, -0.2) is 60.3 Å². The Balaban J connectivity index is 1.35. The van der Waals surface area contributed by atoms with E-state index in [0.717, 1.165) is 24.6 Å². The molecule has 3 heterocycles. The predicted octanol–water partition coefficient (Wildman–Crippen LogP) is 2.81. The number of hydrogen-bond donors (Lipinski definition) is 0. The smallest absolute Gasteiger partial charge is 0.274 e. The molecule has 1 aromatic carbocycles. The van der Waals surface area contributed by atoms with Crippen LogP contribution < -0.4 is 9.80 Å². The van der Waals surface area contributed by atoms with Gasteiger partial charge < -0.3 is 14.7 Å². The van der Waals surface area contributed by atoms with Gasteiger partial charge in [-0.05, 0) is 55.2 Å². The quantitative estimate of drug-likeness (QED) is 0.816. The monoisotopic (exact) mass is 383 g/mol. The van der Waals surface area contributed by atoms with Gasteiger partial charge in [-0.3, -0.25) is 4.79 Å². The van der Waals surface area contributed by atoms with E-state index in [1.54, 1.807) is 18.2 Å². The van der Waals surface area contributed by atoms with Gasteiger partial charge in [0.2, 0.25) is 0 Å². The minimum Gasteiger partial charge on any atom is -0.368 e. The number of halogens is 1. The van der Waals surface area contributed by atoms with Crippen molar-refractivity contribution in [3.8, 4) is 0 Å². The first-order chi connectivity index (χ1) is 13.6. The highest BCUT2D eigenvalue weighted by atomic mass is 19.1. The van der Waals surface area contributed by atoms with Crippen molar-refractivity contribution in [1.29, 1.82) is 0 Å². The Bertz CT molecular complexity index is 803. The lowest BCUT2D eigenvalue weighted by molar-refractivity contribution is 0.0739. The lowest BCUT2D eigenvalue weighted by Gasteiger charge is -2.36. The van der Waals surface area contributed by atoms with Crippen LogP contribution in [0.2, 0.25) is 0 Å². The van der Waals surface area contributed by atoms with Gasteiger partial charge in [-0.1, -0.05) is 6.92 Å². The molecule has 148 valence electrons. The highest BCUT2D eigenvalue weighted by molar-refractivity contribution is 5.92. The molecule has 2 saturated heterocycles. The fourth-order valence-electron chi connectivity index (χ4n) is 3.99. The summed E-state index contributed by atoms with van der Waals surface area (Å²) in [7, 11) is 0. The number of piperazine rings is 1. The predicted molar refractivity (Wildman–Crippen MR) is 107 cm³/mol. The molecule has 4 rings (SSSR count). The molecule has 0 saturated carbocycles. The zero-order chi connectivity index (χ0) is 19.5. The molecule has 1 unspecified atom stereocenters. The van der Waals surface area contributed by atoms with Crippen LogP contribution in [0.25, 0.3) is 0 Å². The zero-order valence-corrected chi connectivity index (χ0v) is 16.2. The first kappa shape index (κ1) is 18.7. The van der Waals surface area contributed by atoms with E-state index in [1.165, 1.54) is 25.0 Å². The van der Waals surface area contributed by atoms with Gasteiger partial charge >= 0.3 is 0 Å². The van der Waals surface area contributed by atoms with Gasteiger partial charge in [-0.25, -0.2) is 4.39 Å². The summed E-state index contributed by atoms with van der Waals surface area (Å²) in [6.45, 7) is 6.91. The van der Waals surface area contributed by atoms with Crippen LogP contribution in [0, 0.1) is 11.7 Å². The minimum atomic E-state index is -0.237. The third-order valence-electron chi connectivity index (χ3n) is 5.61. The maximum atomic E-state index is 13.1. The van der Waals surface area contributed by atoms with Crippen molar-refractivity contribution in [3.05, 3.63) is 47.9 Å². The first-order valence-electron chi connectivity index (χ1n) is 9.98. The Morgan fingerprint density at radius 2 is 1.71 bits per heavy atom. The normalized spacial score (nSPS) is 20.4. The molecule has 0 bridgehead atoms. The number of carbonyl (C=O) groups is 1. The molecule has 1 atom stereocenters. The van der Waals surface area contributed by atoms with Gasteiger partial charge in [0.15, 0.2) is 11.5 Å². The summed E-state index contributed by atoms with van der Waals surface area (Å²) >= 11 is 0. The number of anilines is 2. The summed E-state index contributed by atoms with van der Waals surface area (Å²) in [5.41, 5.74) is 1.37. The maximum absolute atomic E-state index is 13.1. The lowest BCUT2D eigenvalue weighted by atomic mass is 10.0. The maximum Gasteiger partial charge on any atom is 0.274 e. The van der Waals surface area contributed by atoms with Gasteiger partial charge in [0.05, 0.1) is 0 Å². The number of amides is 1. The standard InChI is InChI=1S/C21H26FN5O/c1-16-3-2-10-27(15-16)20-9-8-19(23-24-20)21(28)26-13-11-25(12-14-26)18-6-4-17(22)5-7-18/h4-9,16H,2-3,10-15H2,1H3. The third-order valence-corrected chi connectivity index (χ3v) is 5.61. The van der Waals surface area contributed by atoms with Crippen molar-refractivity contribution in [3.63, 3.8) is 0 Å². The number of rotatable bonds is 3. The summed E-state index contributed by atoms with van der Waals surface area (Å²) < 4.78 is 13.1. The third kappa shape index (κ3) is 4.08. The summed E-state index contributed by atoms with van der Waals surface area (Å²) in [5.74, 6) is 1.20.